The lowest BCUT2D eigenvalue weighted by molar-refractivity contribution is 0.599. The Morgan fingerprint density at radius 1 is 1.46 bits per heavy atom. The molecule has 1 aromatic carbocycles. The molecule has 2 aromatic heterocycles. The minimum absolute atomic E-state index is 0.0627. The highest BCUT2D eigenvalue weighted by molar-refractivity contribution is 7.18. The van der Waals surface area contributed by atoms with Crippen molar-refractivity contribution in [2.45, 2.75) is 25.9 Å². The van der Waals surface area contributed by atoms with E-state index in [1.54, 1.807) is 28.3 Å². The number of thiophene rings is 1. The van der Waals surface area contributed by atoms with Gasteiger partial charge < -0.3 is 5.32 Å². The van der Waals surface area contributed by atoms with Crippen molar-refractivity contribution in [3.63, 3.8) is 0 Å². The van der Waals surface area contributed by atoms with E-state index >= 15 is 0 Å². The van der Waals surface area contributed by atoms with E-state index in [-0.39, 0.29) is 11.6 Å². The first kappa shape index (κ1) is 15.7. The molecule has 0 saturated heterocycles. The third-order valence-corrected chi connectivity index (χ3v) is 5.95. The van der Waals surface area contributed by atoms with Crippen LogP contribution in [-0.4, -0.2) is 16.1 Å². The van der Waals surface area contributed by atoms with E-state index in [1.165, 1.54) is 17.0 Å². The molecule has 124 valence electrons. The number of hydrogen-bond acceptors (Lipinski definition) is 4. The van der Waals surface area contributed by atoms with E-state index in [2.05, 4.69) is 10.3 Å². The fourth-order valence-corrected chi connectivity index (χ4v) is 4.67. The summed E-state index contributed by atoms with van der Waals surface area (Å²) in [7, 11) is 0. The molecule has 0 fully saturated rings. The molecule has 1 aliphatic rings. The molecule has 4 rings (SSSR count). The van der Waals surface area contributed by atoms with Crippen molar-refractivity contribution in [3.05, 3.63) is 61.7 Å². The summed E-state index contributed by atoms with van der Waals surface area (Å²) >= 11 is 7.73. The van der Waals surface area contributed by atoms with Gasteiger partial charge in [-0.25, -0.2) is 9.37 Å². The Morgan fingerprint density at radius 3 is 3.08 bits per heavy atom. The molecular weight excluding hydrogens is 349 g/mol. The van der Waals surface area contributed by atoms with Gasteiger partial charge >= 0.3 is 0 Å². The van der Waals surface area contributed by atoms with Crippen LogP contribution in [0.2, 0.25) is 5.02 Å². The molecule has 0 unspecified atom stereocenters. The number of benzene rings is 1. The van der Waals surface area contributed by atoms with Crippen LogP contribution in [0.1, 0.15) is 29.0 Å². The normalized spacial score (nSPS) is 15.5. The standard InChI is InChI=1S/C17H15ClFN3OS/c1-9(11-3-2-10(19)6-13(11)18)22-8-21-16-15(17(22)23)12-4-5-20-7-14(12)24-16/h2-3,6,8-9,20H,4-5,7H2,1H3/t9-/m1/s1. The first-order valence-corrected chi connectivity index (χ1v) is 8.92. The Balaban J connectivity index is 1.88. The zero-order chi connectivity index (χ0) is 16.8. The first-order chi connectivity index (χ1) is 11.6. The molecule has 0 aliphatic carbocycles. The summed E-state index contributed by atoms with van der Waals surface area (Å²) < 4.78 is 14.9. The lowest BCUT2D eigenvalue weighted by atomic mass is 10.1. The highest BCUT2D eigenvalue weighted by Crippen LogP contribution is 2.31. The number of nitrogens with zero attached hydrogens (tertiary/aromatic N) is 2. The van der Waals surface area contributed by atoms with Gasteiger partial charge in [-0.2, -0.15) is 0 Å². The second kappa shape index (κ2) is 5.95. The van der Waals surface area contributed by atoms with E-state index in [0.717, 1.165) is 29.9 Å². The van der Waals surface area contributed by atoms with Crippen molar-refractivity contribution in [1.29, 1.82) is 0 Å². The van der Waals surface area contributed by atoms with E-state index in [0.29, 0.717) is 16.0 Å². The van der Waals surface area contributed by atoms with Crippen LogP contribution in [0.25, 0.3) is 10.2 Å². The predicted molar refractivity (Wildman–Crippen MR) is 94.5 cm³/mol. The maximum Gasteiger partial charge on any atom is 0.262 e. The van der Waals surface area contributed by atoms with Gasteiger partial charge in [-0.15, -0.1) is 11.3 Å². The number of halogens is 2. The van der Waals surface area contributed by atoms with E-state index < -0.39 is 5.82 Å². The maximum absolute atomic E-state index is 13.3. The highest BCUT2D eigenvalue weighted by Gasteiger charge is 2.22. The van der Waals surface area contributed by atoms with Gasteiger partial charge in [0, 0.05) is 16.4 Å². The molecule has 0 amide bonds. The molecule has 4 nitrogen and oxygen atoms in total. The minimum atomic E-state index is -0.392. The van der Waals surface area contributed by atoms with Crippen molar-refractivity contribution in [2.24, 2.45) is 0 Å². The zero-order valence-corrected chi connectivity index (χ0v) is 14.5. The van der Waals surface area contributed by atoms with Crippen LogP contribution < -0.4 is 10.9 Å². The fraction of sp³-hybridized carbons (Fsp3) is 0.294. The Morgan fingerprint density at radius 2 is 2.29 bits per heavy atom. The summed E-state index contributed by atoms with van der Waals surface area (Å²) in [5.41, 5.74) is 1.75. The smallest absolute Gasteiger partial charge is 0.262 e. The average Bonchev–Trinajstić information content (AvgIpc) is 2.94. The lowest BCUT2D eigenvalue weighted by Crippen LogP contribution is -2.27. The Kier molecular flexibility index (Phi) is 3.90. The fourth-order valence-electron chi connectivity index (χ4n) is 3.19. The Bertz CT molecular complexity index is 997. The third-order valence-electron chi connectivity index (χ3n) is 4.49. The summed E-state index contributed by atoms with van der Waals surface area (Å²) in [6.45, 7) is 3.52. The zero-order valence-electron chi connectivity index (χ0n) is 13.0. The van der Waals surface area contributed by atoms with E-state index in [4.69, 9.17) is 11.6 Å². The van der Waals surface area contributed by atoms with Crippen molar-refractivity contribution >= 4 is 33.2 Å². The van der Waals surface area contributed by atoms with Gasteiger partial charge in [-0.1, -0.05) is 17.7 Å². The number of fused-ring (bicyclic) bond motifs is 3. The van der Waals surface area contributed by atoms with Crippen LogP contribution >= 0.6 is 22.9 Å². The van der Waals surface area contributed by atoms with Crippen LogP contribution in [-0.2, 0) is 13.0 Å². The Labute approximate surface area is 146 Å². The number of nitrogens with one attached hydrogen (secondary N) is 1. The topological polar surface area (TPSA) is 46.9 Å². The molecule has 1 atom stereocenters. The van der Waals surface area contributed by atoms with Crippen molar-refractivity contribution < 1.29 is 4.39 Å². The number of rotatable bonds is 2. The van der Waals surface area contributed by atoms with Crippen LogP contribution in [0.5, 0.6) is 0 Å². The maximum atomic E-state index is 13.3. The van der Waals surface area contributed by atoms with Gasteiger partial charge in [0.05, 0.1) is 17.8 Å². The molecule has 3 aromatic rings. The summed E-state index contributed by atoms with van der Waals surface area (Å²) in [4.78, 5) is 19.5. The molecule has 0 saturated carbocycles. The van der Waals surface area contributed by atoms with Gasteiger partial charge in [0.25, 0.3) is 5.56 Å². The van der Waals surface area contributed by atoms with Crippen LogP contribution in [0, 0.1) is 5.82 Å². The van der Waals surface area contributed by atoms with Gasteiger partial charge in [0.2, 0.25) is 0 Å². The largest absolute Gasteiger partial charge is 0.312 e. The lowest BCUT2D eigenvalue weighted by Gasteiger charge is -2.17. The molecule has 24 heavy (non-hydrogen) atoms. The summed E-state index contributed by atoms with van der Waals surface area (Å²) in [5, 5.41) is 4.34. The molecule has 0 bridgehead atoms. The minimum Gasteiger partial charge on any atom is -0.312 e. The van der Waals surface area contributed by atoms with Gasteiger partial charge in [-0.05, 0) is 43.1 Å². The highest BCUT2D eigenvalue weighted by atomic mass is 35.5. The third kappa shape index (κ3) is 2.46. The SMILES string of the molecule is C[C@H](c1ccc(F)cc1Cl)n1cnc2sc3c(c2c1=O)CCNC3. The van der Waals surface area contributed by atoms with E-state index in [9.17, 15) is 9.18 Å². The van der Waals surface area contributed by atoms with E-state index in [1.807, 2.05) is 6.92 Å². The van der Waals surface area contributed by atoms with Gasteiger partial charge in [-0.3, -0.25) is 9.36 Å². The van der Waals surface area contributed by atoms with Gasteiger partial charge in [0.1, 0.15) is 10.6 Å². The van der Waals surface area contributed by atoms with Crippen LogP contribution in [0.3, 0.4) is 0 Å². The molecule has 1 N–H and O–H groups in total. The molecule has 3 heterocycles. The second-order valence-electron chi connectivity index (χ2n) is 5.91. The monoisotopic (exact) mass is 363 g/mol. The van der Waals surface area contributed by atoms with Crippen LogP contribution in [0.15, 0.2) is 29.3 Å². The Hall–Kier alpha value is -1.76. The molecule has 7 heteroatoms. The molecular formula is C17H15ClFN3OS. The molecule has 1 aliphatic heterocycles. The average molecular weight is 364 g/mol. The number of hydrogen-bond donors (Lipinski definition) is 1. The van der Waals surface area contributed by atoms with Crippen molar-refractivity contribution in [3.8, 4) is 0 Å². The van der Waals surface area contributed by atoms with Crippen molar-refractivity contribution in [1.82, 2.24) is 14.9 Å². The predicted octanol–water partition coefficient (Wildman–Crippen LogP) is 3.51. The first-order valence-electron chi connectivity index (χ1n) is 7.73. The van der Waals surface area contributed by atoms with Crippen molar-refractivity contribution in [2.75, 3.05) is 6.54 Å². The molecule has 0 radical (unpaired) electrons. The summed E-state index contributed by atoms with van der Waals surface area (Å²) in [6, 6.07) is 3.92. The van der Waals surface area contributed by atoms with Crippen LogP contribution in [0.4, 0.5) is 4.39 Å². The summed E-state index contributed by atoms with van der Waals surface area (Å²) in [6.07, 6.45) is 2.40. The number of aromatic nitrogens is 2. The quantitative estimate of drug-likeness (QED) is 0.758. The second-order valence-corrected chi connectivity index (χ2v) is 7.40. The molecule has 0 spiro atoms. The van der Waals surface area contributed by atoms with Gasteiger partial charge in [0.15, 0.2) is 0 Å². The summed E-state index contributed by atoms with van der Waals surface area (Å²) in [5.74, 6) is -0.392.